The zero-order valence-corrected chi connectivity index (χ0v) is 14.9. The van der Waals surface area contributed by atoms with Crippen LogP contribution in [0.1, 0.15) is 31.7 Å². The number of carboxylic acid groups (broad SMARTS) is 1. The SMILES string of the molecule is CCCCCc1ccc2nc(OCC(=O)O)cc(-c3ccccc3)c2c1. The molecule has 0 unspecified atom stereocenters. The van der Waals surface area contributed by atoms with E-state index in [4.69, 9.17) is 9.84 Å². The normalized spacial score (nSPS) is 10.8. The topological polar surface area (TPSA) is 59.4 Å². The Balaban J connectivity index is 2.04. The van der Waals surface area contributed by atoms with Gasteiger partial charge in [-0.1, -0.05) is 56.2 Å². The summed E-state index contributed by atoms with van der Waals surface area (Å²) in [5.41, 5.74) is 4.18. The van der Waals surface area contributed by atoms with Crippen LogP contribution in [0, 0.1) is 0 Å². The molecule has 0 saturated carbocycles. The molecule has 0 aliphatic carbocycles. The average molecular weight is 349 g/mol. The Labute approximate surface area is 153 Å². The Morgan fingerprint density at radius 2 is 1.88 bits per heavy atom. The van der Waals surface area contributed by atoms with Crippen molar-refractivity contribution in [2.24, 2.45) is 0 Å². The number of aromatic nitrogens is 1. The van der Waals surface area contributed by atoms with Gasteiger partial charge in [-0.05, 0) is 41.7 Å². The minimum Gasteiger partial charge on any atom is -0.479 e. The number of ether oxygens (including phenoxy) is 1. The fraction of sp³-hybridized carbons (Fsp3) is 0.273. The van der Waals surface area contributed by atoms with E-state index in [1.807, 2.05) is 42.5 Å². The van der Waals surface area contributed by atoms with Gasteiger partial charge < -0.3 is 9.84 Å². The van der Waals surface area contributed by atoms with Gasteiger partial charge >= 0.3 is 5.97 Å². The minimum atomic E-state index is -1.01. The number of hydrogen-bond acceptors (Lipinski definition) is 3. The Kier molecular flexibility index (Phi) is 5.84. The molecule has 3 aromatic rings. The molecular weight excluding hydrogens is 326 g/mol. The predicted molar refractivity (Wildman–Crippen MR) is 104 cm³/mol. The molecule has 1 heterocycles. The summed E-state index contributed by atoms with van der Waals surface area (Å²) in [6.45, 7) is 1.80. The fourth-order valence-corrected chi connectivity index (χ4v) is 3.05. The molecule has 1 N–H and O–H groups in total. The van der Waals surface area contributed by atoms with Crippen molar-refractivity contribution in [3.05, 3.63) is 60.2 Å². The van der Waals surface area contributed by atoms with Crippen molar-refractivity contribution in [3.8, 4) is 17.0 Å². The summed E-state index contributed by atoms with van der Waals surface area (Å²) < 4.78 is 5.34. The van der Waals surface area contributed by atoms with E-state index in [9.17, 15) is 4.79 Å². The summed E-state index contributed by atoms with van der Waals surface area (Å²) in [6.07, 6.45) is 4.66. The monoisotopic (exact) mass is 349 g/mol. The maximum atomic E-state index is 10.8. The summed E-state index contributed by atoms with van der Waals surface area (Å²) in [5.74, 6) is -0.683. The van der Waals surface area contributed by atoms with Crippen LogP contribution in [0.2, 0.25) is 0 Å². The molecule has 0 atom stereocenters. The molecule has 0 bridgehead atoms. The smallest absolute Gasteiger partial charge is 0.341 e. The van der Waals surface area contributed by atoms with Crippen molar-refractivity contribution < 1.29 is 14.6 Å². The lowest BCUT2D eigenvalue weighted by molar-refractivity contribution is -0.139. The van der Waals surface area contributed by atoms with Gasteiger partial charge in [0.25, 0.3) is 0 Å². The summed E-state index contributed by atoms with van der Waals surface area (Å²) in [4.78, 5) is 15.3. The summed E-state index contributed by atoms with van der Waals surface area (Å²) >= 11 is 0. The van der Waals surface area contributed by atoms with Crippen molar-refractivity contribution in [1.82, 2.24) is 4.98 Å². The third-order valence-electron chi connectivity index (χ3n) is 4.35. The molecule has 0 radical (unpaired) electrons. The highest BCUT2D eigenvalue weighted by Crippen LogP contribution is 2.32. The van der Waals surface area contributed by atoms with Crippen LogP contribution in [0.3, 0.4) is 0 Å². The predicted octanol–water partition coefficient (Wildman–Crippen LogP) is 5.10. The first-order valence-electron chi connectivity index (χ1n) is 9.01. The van der Waals surface area contributed by atoms with Crippen molar-refractivity contribution in [2.75, 3.05) is 6.61 Å². The van der Waals surface area contributed by atoms with Crippen LogP contribution in [0.25, 0.3) is 22.0 Å². The third kappa shape index (κ3) is 4.39. The van der Waals surface area contributed by atoms with Crippen molar-refractivity contribution >= 4 is 16.9 Å². The van der Waals surface area contributed by atoms with Crippen LogP contribution in [0.4, 0.5) is 0 Å². The first-order chi connectivity index (χ1) is 12.7. The molecule has 3 rings (SSSR count). The Morgan fingerprint density at radius 1 is 1.08 bits per heavy atom. The Hall–Kier alpha value is -2.88. The van der Waals surface area contributed by atoms with Gasteiger partial charge in [0.15, 0.2) is 6.61 Å². The second-order valence-electron chi connectivity index (χ2n) is 6.37. The third-order valence-corrected chi connectivity index (χ3v) is 4.35. The zero-order valence-electron chi connectivity index (χ0n) is 14.9. The second kappa shape index (κ2) is 8.48. The summed E-state index contributed by atoms with van der Waals surface area (Å²) in [6, 6.07) is 18.2. The van der Waals surface area contributed by atoms with Crippen molar-refractivity contribution in [2.45, 2.75) is 32.6 Å². The number of carboxylic acids is 1. The van der Waals surface area contributed by atoms with Gasteiger partial charge in [-0.2, -0.15) is 0 Å². The largest absolute Gasteiger partial charge is 0.479 e. The van der Waals surface area contributed by atoms with Gasteiger partial charge in [-0.25, -0.2) is 9.78 Å². The fourth-order valence-electron chi connectivity index (χ4n) is 3.05. The van der Waals surface area contributed by atoms with Gasteiger partial charge in [-0.15, -0.1) is 0 Å². The van der Waals surface area contributed by atoms with Gasteiger partial charge in [0.1, 0.15) is 0 Å². The molecule has 26 heavy (non-hydrogen) atoms. The second-order valence-corrected chi connectivity index (χ2v) is 6.37. The average Bonchev–Trinajstić information content (AvgIpc) is 2.66. The molecule has 2 aromatic carbocycles. The summed E-state index contributed by atoms with van der Waals surface area (Å²) in [5, 5.41) is 9.92. The highest BCUT2D eigenvalue weighted by Gasteiger charge is 2.11. The lowest BCUT2D eigenvalue weighted by atomic mass is 9.98. The van der Waals surface area contributed by atoms with Gasteiger partial charge in [0.05, 0.1) is 5.52 Å². The standard InChI is InChI=1S/C22H23NO3/c1-2-3-5-8-16-11-12-20-19(13-16)18(17-9-6-4-7-10-17)14-21(23-20)26-15-22(24)25/h4,6-7,9-14H,2-3,5,8,15H2,1H3,(H,24,25). The van der Waals surface area contributed by atoms with Gasteiger partial charge in [0, 0.05) is 11.5 Å². The van der Waals surface area contributed by atoms with Crippen LogP contribution < -0.4 is 4.74 Å². The van der Waals surface area contributed by atoms with Gasteiger partial charge in [-0.3, -0.25) is 0 Å². The molecule has 1 aromatic heterocycles. The lowest BCUT2D eigenvalue weighted by Crippen LogP contribution is -2.10. The van der Waals surface area contributed by atoms with E-state index in [2.05, 4.69) is 24.0 Å². The summed E-state index contributed by atoms with van der Waals surface area (Å²) in [7, 11) is 0. The molecule has 0 saturated heterocycles. The Morgan fingerprint density at radius 3 is 2.62 bits per heavy atom. The molecule has 0 amide bonds. The van der Waals surface area contributed by atoms with Crippen LogP contribution in [0.15, 0.2) is 54.6 Å². The van der Waals surface area contributed by atoms with Gasteiger partial charge in [0.2, 0.25) is 5.88 Å². The number of nitrogens with zero attached hydrogens (tertiary/aromatic N) is 1. The molecule has 4 nitrogen and oxygen atoms in total. The molecule has 0 spiro atoms. The number of carbonyl (C=O) groups is 1. The molecule has 134 valence electrons. The molecule has 4 heteroatoms. The molecule has 0 aliphatic rings. The van der Waals surface area contributed by atoms with Crippen LogP contribution in [0.5, 0.6) is 5.88 Å². The highest BCUT2D eigenvalue weighted by atomic mass is 16.5. The Bertz CT molecular complexity index is 891. The lowest BCUT2D eigenvalue weighted by Gasteiger charge is -2.12. The van der Waals surface area contributed by atoms with E-state index in [0.29, 0.717) is 5.88 Å². The van der Waals surface area contributed by atoms with Crippen LogP contribution in [-0.2, 0) is 11.2 Å². The number of aliphatic carboxylic acids is 1. The molecule has 0 fully saturated rings. The quantitative estimate of drug-likeness (QED) is 0.575. The van der Waals surface area contributed by atoms with E-state index in [0.717, 1.165) is 28.5 Å². The number of benzene rings is 2. The number of hydrogen-bond donors (Lipinski definition) is 1. The number of aryl methyl sites for hydroxylation is 1. The number of fused-ring (bicyclic) bond motifs is 1. The molecular formula is C22H23NO3. The van der Waals surface area contributed by atoms with Crippen molar-refractivity contribution in [1.29, 1.82) is 0 Å². The number of rotatable bonds is 8. The van der Waals surface area contributed by atoms with Crippen LogP contribution in [-0.4, -0.2) is 22.7 Å². The van der Waals surface area contributed by atoms with E-state index >= 15 is 0 Å². The van der Waals surface area contributed by atoms with Crippen molar-refractivity contribution in [3.63, 3.8) is 0 Å². The van der Waals surface area contributed by atoms with E-state index in [1.165, 1.54) is 24.8 Å². The molecule has 0 aliphatic heterocycles. The zero-order chi connectivity index (χ0) is 18.4. The first-order valence-corrected chi connectivity index (χ1v) is 9.01. The van der Waals surface area contributed by atoms with E-state index in [-0.39, 0.29) is 0 Å². The number of pyridine rings is 1. The van der Waals surface area contributed by atoms with E-state index in [1.54, 1.807) is 0 Å². The maximum Gasteiger partial charge on any atom is 0.341 e. The van der Waals surface area contributed by atoms with Crippen LogP contribution >= 0.6 is 0 Å². The maximum absolute atomic E-state index is 10.8. The first kappa shape index (κ1) is 17.9. The van der Waals surface area contributed by atoms with E-state index < -0.39 is 12.6 Å². The number of unbranched alkanes of at least 4 members (excludes halogenated alkanes) is 2. The minimum absolute atomic E-state index is 0.331. The highest BCUT2D eigenvalue weighted by molar-refractivity contribution is 5.95.